The molecule has 3 aromatic heterocycles. The maximum absolute atomic E-state index is 12.5. The van der Waals surface area contributed by atoms with Crippen molar-refractivity contribution in [1.82, 2.24) is 19.5 Å². The van der Waals surface area contributed by atoms with Gasteiger partial charge in [0, 0.05) is 18.7 Å². The number of rotatable bonds is 2. The molecule has 7 heteroatoms. The van der Waals surface area contributed by atoms with E-state index < -0.39 is 0 Å². The van der Waals surface area contributed by atoms with Crippen molar-refractivity contribution in [2.24, 2.45) is 0 Å². The highest BCUT2D eigenvalue weighted by atomic mass is 32.1. The van der Waals surface area contributed by atoms with Crippen molar-refractivity contribution in [1.29, 1.82) is 0 Å². The van der Waals surface area contributed by atoms with Crippen molar-refractivity contribution in [3.8, 4) is 10.7 Å². The number of fused-ring (bicyclic) bond motifs is 1. The molecule has 1 aliphatic rings. The van der Waals surface area contributed by atoms with Crippen LogP contribution in [0.25, 0.3) is 16.3 Å². The van der Waals surface area contributed by atoms with E-state index in [-0.39, 0.29) is 5.91 Å². The number of hydrogen-bond acceptors (Lipinski definition) is 5. The molecule has 1 fully saturated rings. The predicted octanol–water partition coefficient (Wildman–Crippen LogP) is 2.58. The topological polar surface area (TPSA) is 76.5 Å². The number of carbonyl (C=O) groups is 1. The van der Waals surface area contributed by atoms with Gasteiger partial charge in [0.25, 0.3) is 5.91 Å². The first-order valence-electron chi connectivity index (χ1n) is 7.63. The number of amides is 1. The number of thiophene rings is 1. The zero-order chi connectivity index (χ0) is 16.0. The third-order valence-electron chi connectivity index (χ3n) is 4.17. The van der Waals surface area contributed by atoms with Crippen LogP contribution in [0.5, 0.6) is 0 Å². The summed E-state index contributed by atoms with van der Waals surface area (Å²) < 4.78 is 1.59. The molecule has 23 heavy (non-hydrogen) atoms. The standard InChI is InChI=1S/C16H17N5OS/c1-10-4-7-23-14(10)15-18-13-9-11(8-12(17)21(13)19-15)16(22)20-5-2-3-6-20/h4,7-9H,2-3,5-6,17H2,1H3. The van der Waals surface area contributed by atoms with E-state index >= 15 is 0 Å². The van der Waals surface area contributed by atoms with Gasteiger partial charge >= 0.3 is 0 Å². The van der Waals surface area contributed by atoms with Crippen molar-refractivity contribution in [3.05, 3.63) is 34.7 Å². The zero-order valence-corrected chi connectivity index (χ0v) is 13.6. The predicted molar refractivity (Wildman–Crippen MR) is 90.6 cm³/mol. The summed E-state index contributed by atoms with van der Waals surface area (Å²) in [5.41, 5.74) is 8.42. The molecule has 1 aliphatic heterocycles. The van der Waals surface area contributed by atoms with Crippen molar-refractivity contribution in [2.75, 3.05) is 18.8 Å². The molecule has 0 unspecified atom stereocenters. The van der Waals surface area contributed by atoms with Gasteiger partial charge in [-0.3, -0.25) is 4.79 Å². The number of nitrogens with two attached hydrogens (primary N) is 1. The van der Waals surface area contributed by atoms with Crippen molar-refractivity contribution >= 4 is 28.7 Å². The summed E-state index contributed by atoms with van der Waals surface area (Å²) in [4.78, 5) is 20.0. The summed E-state index contributed by atoms with van der Waals surface area (Å²) in [6, 6.07) is 5.50. The zero-order valence-electron chi connectivity index (χ0n) is 12.8. The number of aryl methyl sites for hydroxylation is 1. The Morgan fingerprint density at radius 1 is 1.30 bits per heavy atom. The summed E-state index contributed by atoms with van der Waals surface area (Å²) >= 11 is 1.60. The van der Waals surface area contributed by atoms with Gasteiger partial charge in [0.2, 0.25) is 0 Å². The minimum Gasteiger partial charge on any atom is -0.384 e. The Bertz CT molecular complexity index is 891. The van der Waals surface area contributed by atoms with Crippen LogP contribution in [0.3, 0.4) is 0 Å². The Balaban J connectivity index is 1.78. The largest absolute Gasteiger partial charge is 0.384 e. The Morgan fingerprint density at radius 2 is 2.09 bits per heavy atom. The second kappa shape index (κ2) is 5.34. The normalized spacial score (nSPS) is 14.7. The fourth-order valence-corrected chi connectivity index (χ4v) is 3.79. The molecule has 4 heterocycles. The Hall–Kier alpha value is -2.41. The van der Waals surface area contributed by atoms with Crippen LogP contribution in [-0.4, -0.2) is 38.5 Å². The first-order valence-corrected chi connectivity index (χ1v) is 8.51. The Labute approximate surface area is 137 Å². The van der Waals surface area contributed by atoms with Gasteiger partial charge in [0.05, 0.1) is 4.88 Å². The number of hydrogen-bond donors (Lipinski definition) is 1. The first kappa shape index (κ1) is 14.2. The number of nitrogen functional groups attached to an aromatic ring is 1. The highest BCUT2D eigenvalue weighted by Gasteiger charge is 2.21. The fraction of sp³-hybridized carbons (Fsp3) is 0.312. The molecule has 0 radical (unpaired) electrons. The monoisotopic (exact) mass is 327 g/mol. The van der Waals surface area contributed by atoms with Crippen LogP contribution in [0, 0.1) is 6.92 Å². The number of anilines is 1. The van der Waals surface area contributed by atoms with E-state index in [1.54, 1.807) is 28.0 Å². The highest BCUT2D eigenvalue weighted by molar-refractivity contribution is 7.13. The lowest BCUT2D eigenvalue weighted by atomic mass is 10.2. The third kappa shape index (κ3) is 2.37. The maximum Gasteiger partial charge on any atom is 0.254 e. The molecular formula is C16H17N5OS. The minimum absolute atomic E-state index is 0.0218. The van der Waals surface area contributed by atoms with Crippen LogP contribution < -0.4 is 5.73 Å². The highest BCUT2D eigenvalue weighted by Crippen LogP contribution is 2.27. The second-order valence-electron chi connectivity index (χ2n) is 5.81. The maximum atomic E-state index is 12.5. The Kier molecular flexibility index (Phi) is 3.30. The van der Waals surface area contributed by atoms with Crippen LogP contribution in [0.15, 0.2) is 23.6 Å². The van der Waals surface area contributed by atoms with E-state index in [1.807, 2.05) is 23.3 Å². The molecule has 0 spiro atoms. The van der Waals surface area contributed by atoms with Gasteiger partial charge in [0.1, 0.15) is 5.82 Å². The van der Waals surface area contributed by atoms with Gasteiger partial charge in [-0.05, 0) is 48.9 Å². The number of pyridine rings is 1. The molecule has 1 saturated heterocycles. The molecule has 2 N–H and O–H groups in total. The van der Waals surface area contributed by atoms with E-state index in [9.17, 15) is 4.79 Å². The molecule has 4 rings (SSSR count). The van der Waals surface area contributed by atoms with Crippen molar-refractivity contribution in [3.63, 3.8) is 0 Å². The quantitative estimate of drug-likeness (QED) is 0.785. The molecule has 6 nitrogen and oxygen atoms in total. The van der Waals surface area contributed by atoms with Crippen LogP contribution in [-0.2, 0) is 0 Å². The van der Waals surface area contributed by atoms with Crippen LogP contribution in [0.2, 0.25) is 0 Å². The van der Waals surface area contributed by atoms with Crippen LogP contribution in [0.1, 0.15) is 28.8 Å². The summed E-state index contributed by atoms with van der Waals surface area (Å²) in [5, 5.41) is 6.50. The lowest BCUT2D eigenvalue weighted by Gasteiger charge is -2.15. The summed E-state index contributed by atoms with van der Waals surface area (Å²) in [7, 11) is 0. The number of carbonyl (C=O) groups excluding carboxylic acids is 1. The third-order valence-corrected chi connectivity index (χ3v) is 5.18. The average Bonchev–Trinajstić information content (AvgIpc) is 3.25. The second-order valence-corrected chi connectivity index (χ2v) is 6.72. The smallest absolute Gasteiger partial charge is 0.254 e. The Morgan fingerprint density at radius 3 is 2.78 bits per heavy atom. The van der Waals surface area contributed by atoms with Gasteiger partial charge in [0.15, 0.2) is 11.5 Å². The minimum atomic E-state index is 0.0218. The van der Waals surface area contributed by atoms with E-state index in [0.29, 0.717) is 22.9 Å². The molecule has 0 saturated carbocycles. The lowest BCUT2D eigenvalue weighted by Crippen LogP contribution is -2.27. The number of nitrogens with zero attached hydrogens (tertiary/aromatic N) is 4. The molecule has 1 amide bonds. The van der Waals surface area contributed by atoms with E-state index in [1.165, 1.54) is 0 Å². The molecule has 0 aromatic carbocycles. The first-order chi connectivity index (χ1) is 11.1. The van der Waals surface area contributed by atoms with E-state index in [0.717, 1.165) is 36.4 Å². The average molecular weight is 327 g/mol. The molecule has 0 atom stereocenters. The molecule has 0 aliphatic carbocycles. The summed E-state index contributed by atoms with van der Waals surface area (Å²) in [5.74, 6) is 1.10. The molecular weight excluding hydrogens is 310 g/mol. The van der Waals surface area contributed by atoms with Gasteiger partial charge in [-0.1, -0.05) is 0 Å². The lowest BCUT2D eigenvalue weighted by molar-refractivity contribution is 0.0793. The van der Waals surface area contributed by atoms with Crippen molar-refractivity contribution < 1.29 is 4.79 Å². The molecule has 0 bridgehead atoms. The van der Waals surface area contributed by atoms with Crippen LogP contribution >= 0.6 is 11.3 Å². The summed E-state index contributed by atoms with van der Waals surface area (Å²) in [6.07, 6.45) is 2.13. The van der Waals surface area contributed by atoms with Crippen LogP contribution in [0.4, 0.5) is 5.82 Å². The van der Waals surface area contributed by atoms with Crippen molar-refractivity contribution in [2.45, 2.75) is 19.8 Å². The summed E-state index contributed by atoms with van der Waals surface area (Å²) in [6.45, 7) is 3.66. The van der Waals surface area contributed by atoms with Gasteiger partial charge in [-0.15, -0.1) is 16.4 Å². The van der Waals surface area contributed by atoms with Gasteiger partial charge < -0.3 is 10.6 Å². The molecule has 3 aromatic rings. The molecule has 118 valence electrons. The van der Waals surface area contributed by atoms with E-state index in [2.05, 4.69) is 10.1 Å². The van der Waals surface area contributed by atoms with Gasteiger partial charge in [-0.25, -0.2) is 4.98 Å². The number of likely N-dealkylation sites (tertiary alicyclic amines) is 1. The van der Waals surface area contributed by atoms with E-state index in [4.69, 9.17) is 5.73 Å². The number of aromatic nitrogens is 3. The fourth-order valence-electron chi connectivity index (χ4n) is 2.93. The SMILES string of the molecule is Cc1ccsc1-c1nc2cc(C(=O)N3CCCC3)cc(N)n2n1. The van der Waals surface area contributed by atoms with Gasteiger partial charge in [-0.2, -0.15) is 4.52 Å².